The van der Waals surface area contributed by atoms with Crippen LogP contribution in [0.2, 0.25) is 0 Å². The van der Waals surface area contributed by atoms with Gasteiger partial charge in [-0.25, -0.2) is 0 Å². The molecule has 0 radical (unpaired) electrons. The molecule has 2 spiro atoms. The molecule has 11 aliphatic rings. The van der Waals surface area contributed by atoms with Crippen molar-refractivity contribution in [1.82, 2.24) is 0 Å². The van der Waals surface area contributed by atoms with Gasteiger partial charge in [0.25, 0.3) is 0 Å². The number of allylic oxidation sites excluding steroid dienone is 6. The van der Waals surface area contributed by atoms with Gasteiger partial charge in [-0.05, 0) is 305 Å². The number of hydrogen-bond acceptors (Lipinski definition) is 2. The Morgan fingerprint density at radius 2 is 0.778 bits per heavy atom. The van der Waals surface area contributed by atoms with Crippen molar-refractivity contribution in [3.63, 3.8) is 0 Å². The normalized spacial score (nSPS) is 23.7. The Balaban J connectivity index is 0.528. The highest BCUT2D eigenvalue weighted by atomic mass is 16.5. The Bertz CT molecular complexity index is 6300. The molecule has 0 amide bonds. The number of fused-ring (bicyclic) bond motifs is 26. The zero-order chi connectivity index (χ0) is 76.6. The first-order valence-electron chi connectivity index (χ1n) is 44.0. The highest BCUT2D eigenvalue weighted by molar-refractivity contribution is 5.98. The SMILES string of the molecule is C1=CC(C2c3ccc(-c4ccc(-c5ccc6c(c5)C5(c7ccccc7-c7ccccc75)c5ccccc5-6)cc4)cc3C3CC(c4ccc(-c5ccc6c(c5)C5(c7ccccc7-c7ccccc75)c5ccccc5-6)cc4)CCC32)CCC1C1=CC=C(C(c2ccccc2)C2CCC(N3c4ccccc4Oc4ccccc43)CC2)C2CCCC12. The summed E-state index contributed by atoms with van der Waals surface area (Å²) >= 11 is 0. The minimum atomic E-state index is -0.374. The molecule has 10 aliphatic carbocycles. The molecule has 25 rings (SSSR count). The van der Waals surface area contributed by atoms with Crippen LogP contribution >= 0.6 is 0 Å². The molecule has 2 heteroatoms. The molecule has 3 fully saturated rings. The van der Waals surface area contributed by atoms with Crippen LogP contribution in [0, 0.1) is 35.5 Å². The zero-order valence-electron chi connectivity index (χ0n) is 66.2. The average molecular weight is 1510 g/mol. The van der Waals surface area contributed by atoms with E-state index in [1.54, 1.807) is 22.3 Å². The first-order chi connectivity index (χ1) is 58.0. The predicted octanol–water partition coefficient (Wildman–Crippen LogP) is 29.3. The lowest BCUT2D eigenvalue weighted by Gasteiger charge is -2.44. The Morgan fingerprint density at radius 3 is 1.30 bits per heavy atom. The third-order valence-electron chi connectivity index (χ3n) is 31.2. The van der Waals surface area contributed by atoms with E-state index < -0.39 is 0 Å². The van der Waals surface area contributed by atoms with Gasteiger partial charge in [-0.2, -0.15) is 0 Å². The average Bonchev–Trinajstić information content (AvgIpc) is 1.51. The van der Waals surface area contributed by atoms with Gasteiger partial charge in [0.2, 0.25) is 0 Å². The lowest BCUT2D eigenvalue weighted by molar-refractivity contribution is 0.228. The molecule has 1 aliphatic heterocycles. The van der Waals surface area contributed by atoms with Gasteiger partial charge in [0.05, 0.1) is 22.2 Å². The minimum absolute atomic E-state index is 0.364. The number of ether oxygens (including phenoxy) is 1. The minimum Gasteiger partial charge on any atom is -0.453 e. The third kappa shape index (κ3) is 10.1. The highest BCUT2D eigenvalue weighted by Gasteiger charge is 2.55. The molecule has 0 saturated heterocycles. The number of para-hydroxylation sites is 4. The second kappa shape index (κ2) is 26.7. The van der Waals surface area contributed by atoms with Crippen molar-refractivity contribution in [3.05, 3.63) is 430 Å². The molecular formula is C115H93NO. The molecule has 14 aromatic rings. The first kappa shape index (κ1) is 68.2. The summed E-state index contributed by atoms with van der Waals surface area (Å²) in [6, 6.07) is 127. The van der Waals surface area contributed by atoms with Crippen LogP contribution in [-0.2, 0) is 10.8 Å². The molecule has 9 atom stereocenters. The summed E-state index contributed by atoms with van der Waals surface area (Å²) in [5.41, 5.74) is 41.0. The molecule has 14 aromatic carbocycles. The van der Waals surface area contributed by atoms with Crippen LogP contribution in [0.3, 0.4) is 0 Å². The van der Waals surface area contributed by atoms with Gasteiger partial charge in [-0.3, -0.25) is 0 Å². The lowest BCUT2D eigenvalue weighted by atomic mass is 9.63. The van der Waals surface area contributed by atoms with Gasteiger partial charge in [0, 0.05) is 12.0 Å². The van der Waals surface area contributed by atoms with Crippen molar-refractivity contribution in [2.45, 2.75) is 118 Å². The molecule has 117 heavy (non-hydrogen) atoms. The van der Waals surface area contributed by atoms with Gasteiger partial charge in [-0.1, -0.05) is 333 Å². The van der Waals surface area contributed by atoms with Gasteiger partial charge in [-0.15, -0.1) is 0 Å². The molecule has 0 N–H and O–H groups in total. The van der Waals surface area contributed by atoms with Crippen molar-refractivity contribution in [1.29, 1.82) is 0 Å². The summed E-state index contributed by atoms with van der Waals surface area (Å²) in [5, 5.41) is 0. The number of anilines is 2. The van der Waals surface area contributed by atoms with Gasteiger partial charge in [0.15, 0.2) is 11.5 Å². The summed E-state index contributed by atoms with van der Waals surface area (Å²) in [5.74, 6) is 7.28. The van der Waals surface area contributed by atoms with E-state index in [0.29, 0.717) is 65.2 Å². The first-order valence-corrected chi connectivity index (χ1v) is 44.0. The topological polar surface area (TPSA) is 12.5 Å². The van der Waals surface area contributed by atoms with Gasteiger partial charge < -0.3 is 9.64 Å². The molecule has 9 unspecified atom stereocenters. The van der Waals surface area contributed by atoms with Crippen LogP contribution in [0.25, 0.3) is 77.9 Å². The third-order valence-corrected chi connectivity index (χ3v) is 31.2. The number of benzene rings is 14. The summed E-state index contributed by atoms with van der Waals surface area (Å²) in [7, 11) is 0. The summed E-state index contributed by atoms with van der Waals surface area (Å²) in [6.45, 7) is 0. The molecule has 1 heterocycles. The van der Waals surface area contributed by atoms with E-state index in [-0.39, 0.29) is 10.8 Å². The monoisotopic (exact) mass is 1500 g/mol. The van der Waals surface area contributed by atoms with Crippen molar-refractivity contribution in [3.8, 4) is 89.4 Å². The summed E-state index contributed by atoms with van der Waals surface area (Å²) in [4.78, 5) is 2.63. The Morgan fingerprint density at radius 1 is 0.325 bits per heavy atom. The van der Waals surface area contributed by atoms with Crippen LogP contribution in [0.5, 0.6) is 11.5 Å². The fraction of sp³-hybridized carbons (Fsp3) is 0.217. The largest absolute Gasteiger partial charge is 0.453 e. The quantitative estimate of drug-likeness (QED) is 0.127. The maximum atomic E-state index is 6.51. The van der Waals surface area contributed by atoms with Crippen molar-refractivity contribution < 1.29 is 4.74 Å². The second-order valence-electron chi connectivity index (χ2n) is 36.2. The second-order valence-corrected chi connectivity index (χ2v) is 36.2. The van der Waals surface area contributed by atoms with Crippen LogP contribution in [0.15, 0.2) is 363 Å². The molecule has 0 bridgehead atoms. The Hall–Kier alpha value is -12.1. The predicted molar refractivity (Wildman–Crippen MR) is 480 cm³/mol. The molecule has 3 saturated carbocycles. The van der Waals surface area contributed by atoms with Crippen molar-refractivity contribution in [2.75, 3.05) is 4.90 Å². The Labute approximate surface area is 688 Å². The Kier molecular flexibility index (Phi) is 15.6. The van der Waals surface area contributed by atoms with Crippen LogP contribution in [-0.4, -0.2) is 6.04 Å². The van der Waals surface area contributed by atoms with Crippen LogP contribution < -0.4 is 9.64 Å². The summed E-state index contributed by atoms with van der Waals surface area (Å²) < 4.78 is 6.51. The molecule has 0 aromatic heterocycles. The molecule has 564 valence electrons. The van der Waals surface area contributed by atoms with E-state index in [2.05, 4.69) is 357 Å². The number of rotatable bonds is 10. The number of nitrogens with zero attached hydrogens (tertiary/aromatic N) is 1. The van der Waals surface area contributed by atoms with Gasteiger partial charge >= 0.3 is 0 Å². The van der Waals surface area contributed by atoms with E-state index in [0.717, 1.165) is 11.5 Å². The lowest BCUT2D eigenvalue weighted by Crippen LogP contribution is -2.38. The van der Waals surface area contributed by atoms with Crippen molar-refractivity contribution >= 4 is 11.4 Å². The van der Waals surface area contributed by atoms with E-state index >= 15 is 0 Å². The standard InChI is InChI=1S/C115H93NO/c1-2-21-76(22-3-1)112(77-53-59-83(60-54-77)116-108-37-16-18-39-110(108)117-111-40-19-17-38-109(111)116)95-66-65-84(85-29-20-30-86(85)95)75-49-51-78(52-50-75)113-96-63-57-79(71-41-45-73(46-42-71)81-55-61-93-91-27-8-14-35-104(91)114(106(93)69-81)100-31-10-4-23-87(100)88-24-5-11-32-101(88)114)67-98(96)99-68-80(58-64-97(99)113)72-43-47-74(48-44-72)82-56-62-94-92-28-9-15-36-105(92)115(107(94)70-82)102-33-12-6-25-89(102)90-26-7-13-34-103(90)115/h1-19,21-28,31-49,51,55-57,61-63,65-67,69-70,75,77-78,80,83,85-86,97,99,112-113H,20,29-30,50,52-54,58-60,64,68H2. The fourth-order valence-electron chi connectivity index (χ4n) is 26.4. The van der Waals surface area contributed by atoms with Gasteiger partial charge in [0.1, 0.15) is 0 Å². The van der Waals surface area contributed by atoms with E-state index in [1.165, 1.54) is 222 Å². The van der Waals surface area contributed by atoms with Crippen molar-refractivity contribution in [2.24, 2.45) is 35.5 Å². The smallest absolute Gasteiger partial charge is 0.151 e. The maximum absolute atomic E-state index is 6.51. The van der Waals surface area contributed by atoms with Crippen LogP contribution in [0.4, 0.5) is 11.4 Å². The van der Waals surface area contributed by atoms with E-state index in [9.17, 15) is 0 Å². The highest BCUT2D eigenvalue weighted by Crippen LogP contribution is 2.67. The number of hydrogen-bond donors (Lipinski definition) is 0. The van der Waals surface area contributed by atoms with E-state index in [4.69, 9.17) is 4.74 Å². The molecule has 2 nitrogen and oxygen atoms in total. The maximum Gasteiger partial charge on any atom is 0.151 e. The zero-order valence-corrected chi connectivity index (χ0v) is 66.2. The van der Waals surface area contributed by atoms with E-state index in [1.807, 2.05) is 0 Å². The molecular weight excluding hydrogens is 1410 g/mol. The fourth-order valence-corrected chi connectivity index (χ4v) is 26.4. The van der Waals surface area contributed by atoms with Crippen LogP contribution in [0.1, 0.15) is 167 Å². The summed E-state index contributed by atoms with van der Waals surface area (Å²) in [6.07, 6.45) is 25.8.